The van der Waals surface area contributed by atoms with Crippen molar-refractivity contribution in [2.45, 2.75) is 45.1 Å². The van der Waals surface area contributed by atoms with Gasteiger partial charge in [-0.2, -0.15) is 0 Å². The van der Waals surface area contributed by atoms with Crippen LogP contribution in [-0.4, -0.2) is 54.2 Å². The van der Waals surface area contributed by atoms with Crippen LogP contribution in [-0.2, 0) is 4.79 Å². The maximum Gasteiger partial charge on any atom is 0.329 e. The van der Waals surface area contributed by atoms with Gasteiger partial charge in [-0.05, 0) is 45.2 Å². The van der Waals surface area contributed by atoms with Crippen molar-refractivity contribution in [3.05, 3.63) is 0 Å². The number of aliphatic carboxylic acids is 1. The summed E-state index contributed by atoms with van der Waals surface area (Å²) < 4.78 is 0. The summed E-state index contributed by atoms with van der Waals surface area (Å²) in [6.45, 7) is 6.35. The molecule has 0 aliphatic heterocycles. The first-order valence-electron chi connectivity index (χ1n) is 7.37. The number of hydrogen-bond acceptors (Lipinski definition) is 3. The van der Waals surface area contributed by atoms with E-state index < -0.39 is 11.5 Å². The van der Waals surface area contributed by atoms with Crippen molar-refractivity contribution < 1.29 is 14.7 Å². The minimum Gasteiger partial charge on any atom is -0.480 e. The molecule has 2 amide bonds. The van der Waals surface area contributed by atoms with Gasteiger partial charge in [0.15, 0.2) is 0 Å². The number of carbonyl (C=O) groups is 2. The second kappa shape index (κ2) is 7.47. The van der Waals surface area contributed by atoms with Crippen LogP contribution in [0.5, 0.6) is 0 Å². The van der Waals surface area contributed by atoms with Gasteiger partial charge in [0.1, 0.15) is 5.54 Å². The number of urea groups is 1. The highest BCUT2D eigenvalue weighted by Gasteiger charge is 2.42. The third-order valence-corrected chi connectivity index (χ3v) is 4.21. The number of carboxylic acid groups (broad SMARTS) is 1. The lowest BCUT2D eigenvalue weighted by Gasteiger charge is -2.36. The van der Waals surface area contributed by atoms with Gasteiger partial charge in [0.05, 0.1) is 0 Å². The smallest absolute Gasteiger partial charge is 0.329 e. The Kier molecular flexibility index (Phi) is 6.26. The summed E-state index contributed by atoms with van der Waals surface area (Å²) >= 11 is 0. The lowest BCUT2D eigenvalue weighted by Crippen LogP contribution is -2.59. The average Bonchev–Trinajstić information content (AvgIpc) is 2.41. The number of carbonyl (C=O) groups excluding carboxylic acids is 1. The summed E-state index contributed by atoms with van der Waals surface area (Å²) in [5, 5.41) is 14.8. The first kappa shape index (κ1) is 16.8. The topological polar surface area (TPSA) is 81.7 Å². The maximum atomic E-state index is 11.9. The molecule has 1 rings (SSSR count). The standard InChI is InChI=1S/C14H27N3O3/c1-4-17(3)10-9-15-13(20)16-14(12(18)19)7-5-11(2)6-8-14/h11H,4-10H2,1-3H3,(H,18,19)(H2,15,16,20). The van der Waals surface area contributed by atoms with Crippen molar-refractivity contribution in [1.82, 2.24) is 15.5 Å². The highest BCUT2D eigenvalue weighted by molar-refractivity contribution is 5.86. The quantitative estimate of drug-likeness (QED) is 0.686. The van der Waals surface area contributed by atoms with E-state index in [2.05, 4.69) is 22.5 Å². The molecule has 0 aromatic carbocycles. The van der Waals surface area contributed by atoms with E-state index in [1.54, 1.807) is 0 Å². The number of nitrogens with one attached hydrogen (secondary N) is 2. The lowest BCUT2D eigenvalue weighted by atomic mass is 9.77. The van der Waals surface area contributed by atoms with E-state index >= 15 is 0 Å². The molecule has 0 bridgehead atoms. The third kappa shape index (κ3) is 4.67. The predicted molar refractivity (Wildman–Crippen MR) is 77.7 cm³/mol. The van der Waals surface area contributed by atoms with Crippen LogP contribution in [0, 0.1) is 5.92 Å². The van der Waals surface area contributed by atoms with Crippen LogP contribution in [0.15, 0.2) is 0 Å². The van der Waals surface area contributed by atoms with Gasteiger partial charge in [0, 0.05) is 13.1 Å². The maximum absolute atomic E-state index is 11.9. The Balaban J connectivity index is 2.46. The molecule has 0 atom stereocenters. The zero-order valence-electron chi connectivity index (χ0n) is 12.7. The number of likely N-dealkylation sites (N-methyl/N-ethyl adjacent to an activating group) is 1. The first-order chi connectivity index (χ1) is 9.39. The Morgan fingerprint density at radius 1 is 1.35 bits per heavy atom. The Hall–Kier alpha value is -1.30. The van der Waals surface area contributed by atoms with E-state index in [1.807, 2.05) is 14.0 Å². The monoisotopic (exact) mass is 285 g/mol. The van der Waals surface area contributed by atoms with E-state index in [0.717, 1.165) is 25.9 Å². The molecule has 0 saturated heterocycles. The molecule has 0 heterocycles. The number of carboxylic acids is 1. The van der Waals surface area contributed by atoms with Crippen molar-refractivity contribution in [3.63, 3.8) is 0 Å². The molecule has 6 heteroatoms. The number of rotatable bonds is 6. The van der Waals surface area contributed by atoms with Crippen molar-refractivity contribution >= 4 is 12.0 Å². The van der Waals surface area contributed by atoms with Crippen LogP contribution in [0.2, 0.25) is 0 Å². The van der Waals surface area contributed by atoms with Gasteiger partial charge in [0.25, 0.3) is 0 Å². The molecule has 0 unspecified atom stereocenters. The third-order valence-electron chi connectivity index (χ3n) is 4.21. The molecule has 0 spiro atoms. The molecule has 0 aromatic rings. The normalized spacial score (nSPS) is 26.3. The van der Waals surface area contributed by atoms with Gasteiger partial charge in [-0.3, -0.25) is 0 Å². The summed E-state index contributed by atoms with van der Waals surface area (Å²) in [4.78, 5) is 25.4. The van der Waals surface area contributed by atoms with Crippen molar-refractivity contribution in [3.8, 4) is 0 Å². The zero-order chi connectivity index (χ0) is 15.2. The highest BCUT2D eigenvalue weighted by atomic mass is 16.4. The van der Waals surface area contributed by atoms with Crippen molar-refractivity contribution in [2.24, 2.45) is 5.92 Å². The van der Waals surface area contributed by atoms with Gasteiger partial charge in [-0.25, -0.2) is 9.59 Å². The first-order valence-corrected chi connectivity index (χ1v) is 7.37. The minimum atomic E-state index is -1.09. The van der Waals surface area contributed by atoms with Crippen molar-refractivity contribution in [2.75, 3.05) is 26.7 Å². The molecule has 0 radical (unpaired) electrons. The molecular formula is C14H27N3O3. The zero-order valence-corrected chi connectivity index (χ0v) is 12.7. The minimum absolute atomic E-state index is 0.383. The van der Waals surface area contributed by atoms with Gasteiger partial charge in [0.2, 0.25) is 0 Å². The van der Waals surface area contributed by atoms with Crippen LogP contribution in [0.4, 0.5) is 4.79 Å². The number of nitrogens with zero attached hydrogens (tertiary/aromatic N) is 1. The van der Waals surface area contributed by atoms with Gasteiger partial charge in [-0.15, -0.1) is 0 Å². The number of amides is 2. The Labute approximate surface area is 120 Å². The molecule has 0 aromatic heterocycles. The molecule has 1 saturated carbocycles. The predicted octanol–water partition coefficient (Wildman–Crippen LogP) is 1.27. The molecule has 3 N–H and O–H groups in total. The fourth-order valence-corrected chi connectivity index (χ4v) is 2.43. The molecule has 1 fully saturated rings. The molecule has 6 nitrogen and oxygen atoms in total. The summed E-state index contributed by atoms with van der Waals surface area (Å²) in [6, 6.07) is -0.383. The summed E-state index contributed by atoms with van der Waals surface area (Å²) in [6.07, 6.45) is 2.69. The van der Waals surface area contributed by atoms with Crippen molar-refractivity contribution in [1.29, 1.82) is 0 Å². The average molecular weight is 285 g/mol. The van der Waals surface area contributed by atoms with E-state index in [1.165, 1.54) is 0 Å². The SMILES string of the molecule is CCN(C)CCNC(=O)NC1(C(=O)O)CCC(C)CC1. The highest BCUT2D eigenvalue weighted by Crippen LogP contribution is 2.32. The largest absolute Gasteiger partial charge is 0.480 e. The fourth-order valence-electron chi connectivity index (χ4n) is 2.43. The van der Waals surface area contributed by atoms with Crippen LogP contribution < -0.4 is 10.6 Å². The van der Waals surface area contributed by atoms with Gasteiger partial charge < -0.3 is 20.6 Å². The van der Waals surface area contributed by atoms with Crippen LogP contribution >= 0.6 is 0 Å². The summed E-state index contributed by atoms with van der Waals surface area (Å²) in [5.74, 6) is -0.393. The number of hydrogen-bond donors (Lipinski definition) is 3. The molecule has 1 aliphatic rings. The lowest BCUT2D eigenvalue weighted by molar-refractivity contribution is -0.146. The van der Waals surface area contributed by atoms with E-state index in [4.69, 9.17) is 0 Å². The van der Waals surface area contributed by atoms with Crippen LogP contribution in [0.25, 0.3) is 0 Å². The van der Waals surface area contributed by atoms with E-state index in [0.29, 0.717) is 25.3 Å². The summed E-state index contributed by atoms with van der Waals surface area (Å²) in [7, 11) is 1.97. The van der Waals surface area contributed by atoms with Crippen LogP contribution in [0.3, 0.4) is 0 Å². The molecular weight excluding hydrogens is 258 g/mol. The van der Waals surface area contributed by atoms with Gasteiger partial charge in [-0.1, -0.05) is 13.8 Å². The van der Waals surface area contributed by atoms with E-state index in [-0.39, 0.29) is 6.03 Å². The van der Waals surface area contributed by atoms with Gasteiger partial charge >= 0.3 is 12.0 Å². The second-order valence-corrected chi connectivity index (χ2v) is 5.85. The second-order valence-electron chi connectivity index (χ2n) is 5.85. The van der Waals surface area contributed by atoms with Crippen LogP contribution in [0.1, 0.15) is 39.5 Å². The Morgan fingerprint density at radius 3 is 2.45 bits per heavy atom. The molecule has 1 aliphatic carbocycles. The summed E-state index contributed by atoms with van der Waals surface area (Å²) in [5.41, 5.74) is -1.09. The Bertz CT molecular complexity index is 339. The Morgan fingerprint density at radius 2 is 1.95 bits per heavy atom. The van der Waals surface area contributed by atoms with E-state index in [9.17, 15) is 14.7 Å². The molecule has 20 heavy (non-hydrogen) atoms. The molecule has 116 valence electrons. The fraction of sp³-hybridized carbons (Fsp3) is 0.857.